The normalized spacial score (nSPS) is 17.5. The average molecular weight is 548 g/mol. The molecule has 1 atom stereocenters. The minimum absolute atomic E-state index is 0.0496. The number of rotatable bonds is 5. The van der Waals surface area contributed by atoms with Crippen molar-refractivity contribution in [3.05, 3.63) is 97.7 Å². The summed E-state index contributed by atoms with van der Waals surface area (Å²) in [4.78, 5) is 31.9. The number of Topliss-reactive ketones (excluding diaryl/α,β-unsaturated/α-hetero) is 1. The van der Waals surface area contributed by atoms with Crippen LogP contribution in [0.2, 0.25) is 10.0 Å². The SMILES string of the molecule is COc1ccc(/C(O)=C2/C(=O)C(=O)N(Cc3ccccn3)C2c2ccc(Cl)c(Cl)c2)cc1Br. The van der Waals surface area contributed by atoms with E-state index in [-0.39, 0.29) is 22.9 Å². The second-order valence-corrected chi connectivity index (χ2v) is 8.94. The van der Waals surface area contributed by atoms with Crippen LogP contribution < -0.4 is 4.74 Å². The fraction of sp³-hybridized carbons (Fsp3) is 0.125. The number of ether oxygens (including phenoxy) is 1. The molecule has 2 heterocycles. The van der Waals surface area contributed by atoms with Gasteiger partial charge in [-0.15, -0.1) is 0 Å². The number of pyridine rings is 1. The number of benzene rings is 2. The maximum atomic E-state index is 13.1. The van der Waals surface area contributed by atoms with E-state index in [2.05, 4.69) is 20.9 Å². The number of methoxy groups -OCH3 is 1. The van der Waals surface area contributed by atoms with E-state index in [4.69, 9.17) is 27.9 Å². The second kappa shape index (κ2) is 9.55. The van der Waals surface area contributed by atoms with Crippen LogP contribution in [0.15, 0.2) is 70.8 Å². The number of amides is 1. The van der Waals surface area contributed by atoms with Gasteiger partial charge in [-0.1, -0.05) is 35.3 Å². The van der Waals surface area contributed by atoms with E-state index in [1.54, 1.807) is 60.8 Å². The molecule has 0 bridgehead atoms. The Labute approximate surface area is 208 Å². The highest BCUT2D eigenvalue weighted by atomic mass is 79.9. The van der Waals surface area contributed by atoms with Crippen LogP contribution in [0.1, 0.15) is 22.9 Å². The molecule has 33 heavy (non-hydrogen) atoms. The Morgan fingerprint density at radius 1 is 1.12 bits per heavy atom. The molecule has 0 saturated carbocycles. The number of likely N-dealkylation sites (tertiary alicyclic amines) is 1. The molecule has 2 aromatic carbocycles. The Hall–Kier alpha value is -2.87. The van der Waals surface area contributed by atoms with Crippen LogP contribution in [0.3, 0.4) is 0 Å². The van der Waals surface area contributed by atoms with E-state index in [0.717, 1.165) is 0 Å². The van der Waals surface area contributed by atoms with Gasteiger partial charge in [0.05, 0.1) is 45.5 Å². The van der Waals surface area contributed by atoms with Gasteiger partial charge >= 0.3 is 0 Å². The molecule has 4 rings (SSSR count). The van der Waals surface area contributed by atoms with Gasteiger partial charge in [0.1, 0.15) is 11.5 Å². The zero-order valence-corrected chi connectivity index (χ0v) is 20.4. The number of hydrogen-bond acceptors (Lipinski definition) is 5. The Balaban J connectivity index is 1.88. The maximum Gasteiger partial charge on any atom is 0.296 e. The number of aromatic nitrogens is 1. The molecule has 1 amide bonds. The summed E-state index contributed by atoms with van der Waals surface area (Å²) in [6.07, 6.45) is 1.61. The van der Waals surface area contributed by atoms with E-state index in [1.807, 2.05) is 0 Å². The Morgan fingerprint density at radius 2 is 1.91 bits per heavy atom. The summed E-state index contributed by atoms with van der Waals surface area (Å²) in [5.74, 6) is -1.29. The molecule has 1 aromatic heterocycles. The molecule has 168 valence electrons. The van der Waals surface area contributed by atoms with Gasteiger partial charge in [0.25, 0.3) is 11.7 Å². The van der Waals surface area contributed by atoms with Gasteiger partial charge in [-0.05, 0) is 64.0 Å². The first kappa shape index (κ1) is 23.3. The van der Waals surface area contributed by atoms with Crippen molar-refractivity contribution in [1.82, 2.24) is 9.88 Å². The maximum absolute atomic E-state index is 13.1. The van der Waals surface area contributed by atoms with Crippen LogP contribution >= 0.6 is 39.1 Å². The number of carbonyl (C=O) groups excluding carboxylic acids is 2. The van der Waals surface area contributed by atoms with Crippen molar-refractivity contribution in [2.45, 2.75) is 12.6 Å². The number of hydrogen-bond donors (Lipinski definition) is 1. The van der Waals surface area contributed by atoms with Gasteiger partial charge in [0.2, 0.25) is 0 Å². The molecule has 3 aromatic rings. The molecule has 0 radical (unpaired) electrons. The van der Waals surface area contributed by atoms with Crippen molar-refractivity contribution in [3.8, 4) is 5.75 Å². The van der Waals surface area contributed by atoms with Crippen molar-refractivity contribution in [2.24, 2.45) is 0 Å². The van der Waals surface area contributed by atoms with Gasteiger partial charge in [0.15, 0.2) is 0 Å². The third-order valence-corrected chi connectivity index (χ3v) is 6.64. The summed E-state index contributed by atoms with van der Waals surface area (Å²) in [5.41, 5.74) is 1.43. The minimum atomic E-state index is -0.886. The van der Waals surface area contributed by atoms with Crippen molar-refractivity contribution in [3.63, 3.8) is 0 Å². The van der Waals surface area contributed by atoms with Crippen LogP contribution in [0.25, 0.3) is 5.76 Å². The zero-order chi connectivity index (χ0) is 23.7. The van der Waals surface area contributed by atoms with Gasteiger partial charge in [-0.2, -0.15) is 0 Å². The van der Waals surface area contributed by atoms with Gasteiger partial charge < -0.3 is 14.7 Å². The van der Waals surface area contributed by atoms with Gasteiger partial charge in [0, 0.05) is 11.8 Å². The second-order valence-electron chi connectivity index (χ2n) is 7.27. The third kappa shape index (κ3) is 4.49. The first-order chi connectivity index (χ1) is 15.8. The summed E-state index contributed by atoms with van der Waals surface area (Å²) in [5, 5.41) is 11.8. The third-order valence-electron chi connectivity index (χ3n) is 5.28. The number of aliphatic hydroxyl groups excluding tert-OH is 1. The van der Waals surface area contributed by atoms with Gasteiger partial charge in [-0.3, -0.25) is 14.6 Å². The molecule has 1 aliphatic rings. The molecule has 1 unspecified atom stereocenters. The summed E-state index contributed by atoms with van der Waals surface area (Å²) in [7, 11) is 1.52. The van der Waals surface area contributed by atoms with E-state index < -0.39 is 17.7 Å². The topological polar surface area (TPSA) is 79.7 Å². The molecule has 1 N–H and O–H groups in total. The van der Waals surface area contributed by atoms with Crippen LogP contribution in [0.4, 0.5) is 0 Å². The molecule has 9 heteroatoms. The number of ketones is 1. The smallest absolute Gasteiger partial charge is 0.296 e. The lowest BCUT2D eigenvalue weighted by Crippen LogP contribution is -2.29. The first-order valence-electron chi connectivity index (χ1n) is 9.79. The lowest BCUT2D eigenvalue weighted by Gasteiger charge is -2.25. The highest BCUT2D eigenvalue weighted by Crippen LogP contribution is 2.42. The zero-order valence-electron chi connectivity index (χ0n) is 17.3. The Bertz CT molecular complexity index is 1280. The van der Waals surface area contributed by atoms with Crippen LogP contribution in [0, 0.1) is 0 Å². The van der Waals surface area contributed by atoms with Crippen LogP contribution in [-0.2, 0) is 16.1 Å². The predicted octanol–water partition coefficient (Wildman–Crippen LogP) is 5.78. The summed E-state index contributed by atoms with van der Waals surface area (Å²) in [6.45, 7) is 0.0689. The fourth-order valence-electron chi connectivity index (χ4n) is 3.71. The summed E-state index contributed by atoms with van der Waals surface area (Å²) in [6, 6.07) is 14.1. The summed E-state index contributed by atoms with van der Waals surface area (Å²) >= 11 is 15.7. The highest BCUT2D eigenvalue weighted by molar-refractivity contribution is 9.10. The minimum Gasteiger partial charge on any atom is -0.507 e. The van der Waals surface area contributed by atoms with Crippen molar-refractivity contribution < 1.29 is 19.4 Å². The van der Waals surface area contributed by atoms with Crippen molar-refractivity contribution >= 4 is 56.6 Å². The van der Waals surface area contributed by atoms with Crippen LogP contribution in [0.5, 0.6) is 5.75 Å². The molecule has 0 aliphatic carbocycles. The van der Waals surface area contributed by atoms with E-state index >= 15 is 0 Å². The molecular weight excluding hydrogens is 531 g/mol. The quantitative estimate of drug-likeness (QED) is 0.249. The molecule has 1 aliphatic heterocycles. The highest BCUT2D eigenvalue weighted by Gasteiger charge is 2.46. The van der Waals surface area contributed by atoms with E-state index in [9.17, 15) is 14.7 Å². The largest absolute Gasteiger partial charge is 0.507 e. The number of halogens is 3. The Morgan fingerprint density at radius 3 is 2.55 bits per heavy atom. The van der Waals surface area contributed by atoms with Gasteiger partial charge in [-0.25, -0.2) is 0 Å². The monoisotopic (exact) mass is 546 g/mol. The van der Waals surface area contributed by atoms with Crippen LogP contribution in [-0.4, -0.2) is 33.8 Å². The number of aliphatic hydroxyl groups is 1. The number of nitrogens with zero attached hydrogens (tertiary/aromatic N) is 2. The Kier molecular flexibility index (Phi) is 6.74. The first-order valence-corrected chi connectivity index (χ1v) is 11.3. The molecule has 6 nitrogen and oxygen atoms in total. The molecule has 1 fully saturated rings. The lowest BCUT2D eigenvalue weighted by molar-refractivity contribution is -0.140. The predicted molar refractivity (Wildman–Crippen MR) is 129 cm³/mol. The van der Waals surface area contributed by atoms with E-state index in [1.165, 1.54) is 12.0 Å². The molecule has 0 spiro atoms. The van der Waals surface area contributed by atoms with Crippen molar-refractivity contribution in [2.75, 3.05) is 7.11 Å². The standard InChI is InChI=1S/C24H17BrCl2N2O4/c1-33-19-8-6-14(10-16(19)25)22(30)20-21(13-5-7-17(26)18(27)11-13)29(24(32)23(20)31)12-15-4-2-3-9-28-15/h2-11,21,30H,12H2,1H3/b22-20-. The molecular formula is C24H17BrCl2N2O4. The van der Waals surface area contributed by atoms with Crippen molar-refractivity contribution in [1.29, 1.82) is 0 Å². The average Bonchev–Trinajstić information content (AvgIpc) is 3.06. The number of carbonyl (C=O) groups is 2. The van der Waals surface area contributed by atoms with E-state index in [0.29, 0.717) is 32.1 Å². The lowest BCUT2D eigenvalue weighted by atomic mass is 9.95. The summed E-state index contributed by atoms with van der Waals surface area (Å²) < 4.78 is 5.82. The fourth-order valence-corrected chi connectivity index (χ4v) is 4.55. The molecule has 1 saturated heterocycles.